The third-order valence-corrected chi connectivity index (χ3v) is 16.8. The van der Waals surface area contributed by atoms with Gasteiger partial charge >= 0.3 is 5.97 Å². The Labute approximate surface area is 479 Å². The number of ether oxygens (including phenoxy) is 11. The van der Waals surface area contributed by atoms with Gasteiger partial charge in [0.2, 0.25) is 5.79 Å². The highest BCUT2D eigenvalue weighted by atomic mass is 16.7. The molecule has 5 rings (SSSR count). The molecular formula is C60H98O21. The van der Waals surface area contributed by atoms with Gasteiger partial charge in [-0.2, -0.15) is 0 Å². The summed E-state index contributed by atoms with van der Waals surface area (Å²) in [5, 5.41) is 103. The number of rotatable bonds is 14. The Morgan fingerprint density at radius 3 is 1.93 bits per heavy atom. The number of cyclic esters (lactones) is 1. The van der Waals surface area contributed by atoms with Crippen LogP contribution in [0.5, 0.6) is 0 Å². The summed E-state index contributed by atoms with van der Waals surface area (Å²) in [6, 6.07) is 0. The molecule has 0 spiro atoms. The van der Waals surface area contributed by atoms with Gasteiger partial charge < -0.3 is 98.1 Å². The SMILES string of the molecule is COCCCC1OC(O)(C(C)C2CC(C)C(O)C=C(C)C=C(C)C=C(C)C(OC3OC(C)C(O)C(O)C3O)C(C)C=C(C)C=C(OC)C=C(C)C(=O)O2)C(OC)C(O)C1(C)OC1CC(C)(O)C(OC2CC(C)(O)C(O)C(C)O2)C(C)O1. The smallest absolute Gasteiger partial charge is 0.334 e. The predicted octanol–water partition coefficient (Wildman–Crippen LogP) is 4.23. The normalized spacial score (nSPS) is 44.3. The average Bonchev–Trinajstić information content (AvgIpc) is 3.45. The molecule has 24 atom stereocenters. The quantitative estimate of drug-likeness (QED) is 0.0869. The molecule has 9 N–H and O–H groups in total. The number of hydrogen-bond acceptors (Lipinski definition) is 21. The minimum absolute atomic E-state index is 0.0205. The van der Waals surface area contributed by atoms with Gasteiger partial charge in [-0.25, -0.2) is 4.79 Å². The predicted molar refractivity (Wildman–Crippen MR) is 296 cm³/mol. The van der Waals surface area contributed by atoms with Gasteiger partial charge in [0.15, 0.2) is 18.9 Å². The highest BCUT2D eigenvalue weighted by Crippen LogP contribution is 2.48. The monoisotopic (exact) mass is 1150 g/mol. The number of aliphatic hydroxyl groups is 9. The van der Waals surface area contributed by atoms with Gasteiger partial charge in [-0.1, -0.05) is 61.8 Å². The molecule has 0 aromatic heterocycles. The zero-order valence-electron chi connectivity index (χ0n) is 50.7. The fraction of sp³-hybridized carbons (Fsp3) is 0.783. The summed E-state index contributed by atoms with van der Waals surface area (Å²) in [6.07, 6.45) is -8.76. The summed E-state index contributed by atoms with van der Waals surface area (Å²) in [5.74, 6) is -5.05. The Morgan fingerprint density at radius 2 is 1.32 bits per heavy atom. The summed E-state index contributed by atoms with van der Waals surface area (Å²) in [6.45, 7) is 24.1. The first-order chi connectivity index (χ1) is 37.6. The first-order valence-electron chi connectivity index (χ1n) is 28.4. The summed E-state index contributed by atoms with van der Waals surface area (Å²) < 4.78 is 67.7. The molecule has 0 aliphatic carbocycles. The highest BCUT2D eigenvalue weighted by molar-refractivity contribution is 5.88. The van der Waals surface area contributed by atoms with Crippen molar-refractivity contribution in [1.29, 1.82) is 0 Å². The second kappa shape index (κ2) is 28.5. The van der Waals surface area contributed by atoms with Crippen LogP contribution < -0.4 is 0 Å². The standard InChI is InChI=1S/C60H98O21/c1-30-21-31(2)25-42(61)33(4)27-43(77-55(67)36(7)26-41(72-16)24-32(3)23-35(6)50(34(5)22-30)79-56-49(64)48(63)47(62)38(9)76-56)37(8)60(70)54(73-17)52(66)59(14,44(80-60)19-18-20-71-15)81-46-29-58(13,69)53(40(11)75-46)78-45-28-57(12,68)51(65)39(10)74-45/h21-26,33,35,37-40,42-54,56,61-66,68-70H,18-20,27-29H2,1-17H3. The number of allylic oxidation sites excluding steroid dienone is 7. The lowest BCUT2D eigenvalue weighted by Gasteiger charge is -2.57. The van der Waals surface area contributed by atoms with Crippen molar-refractivity contribution < 1.29 is 103 Å². The summed E-state index contributed by atoms with van der Waals surface area (Å²) in [7, 11) is 4.29. The Kier molecular flexibility index (Phi) is 24.2. The molecule has 0 radical (unpaired) electrons. The molecule has 24 unspecified atom stereocenters. The zero-order valence-corrected chi connectivity index (χ0v) is 50.7. The van der Waals surface area contributed by atoms with E-state index in [1.807, 2.05) is 52.8 Å². The van der Waals surface area contributed by atoms with E-state index in [1.165, 1.54) is 27.2 Å². The van der Waals surface area contributed by atoms with Gasteiger partial charge in [0.1, 0.15) is 60.2 Å². The molecular weight excluding hydrogens is 1060 g/mol. The lowest BCUT2D eigenvalue weighted by Crippen LogP contribution is -2.74. The lowest BCUT2D eigenvalue weighted by atomic mass is 9.74. The van der Waals surface area contributed by atoms with Crippen molar-refractivity contribution in [3.8, 4) is 0 Å². The van der Waals surface area contributed by atoms with E-state index in [0.717, 1.165) is 11.1 Å². The summed E-state index contributed by atoms with van der Waals surface area (Å²) in [4.78, 5) is 14.4. The number of aliphatic hydroxyl groups excluding tert-OH is 6. The van der Waals surface area contributed by atoms with Gasteiger partial charge in [0, 0.05) is 51.1 Å². The third kappa shape index (κ3) is 16.5. The van der Waals surface area contributed by atoms with E-state index in [9.17, 15) is 50.8 Å². The van der Waals surface area contributed by atoms with E-state index in [2.05, 4.69) is 0 Å². The molecule has 0 bridgehead atoms. The van der Waals surface area contributed by atoms with E-state index in [1.54, 1.807) is 74.7 Å². The van der Waals surface area contributed by atoms with Crippen LogP contribution in [-0.2, 0) is 56.9 Å². The van der Waals surface area contributed by atoms with Gasteiger partial charge in [0.25, 0.3) is 0 Å². The van der Waals surface area contributed by atoms with Gasteiger partial charge in [-0.15, -0.1) is 0 Å². The van der Waals surface area contributed by atoms with Crippen LogP contribution >= 0.6 is 0 Å². The minimum atomic E-state index is -2.39. The topological polar surface area (TPSA) is 301 Å². The second-order valence-corrected chi connectivity index (χ2v) is 24.3. The van der Waals surface area contributed by atoms with Gasteiger partial charge in [-0.3, -0.25) is 0 Å². The third-order valence-electron chi connectivity index (χ3n) is 16.8. The molecule has 4 saturated heterocycles. The summed E-state index contributed by atoms with van der Waals surface area (Å²) in [5.41, 5.74) is -1.77. The Hall–Kier alpha value is -3.01. The van der Waals surface area contributed by atoms with Crippen molar-refractivity contribution in [2.24, 2.45) is 17.8 Å². The van der Waals surface area contributed by atoms with Crippen LogP contribution in [0, 0.1) is 17.8 Å². The largest absolute Gasteiger partial charge is 0.497 e. The van der Waals surface area contributed by atoms with E-state index >= 15 is 0 Å². The van der Waals surface area contributed by atoms with E-state index in [-0.39, 0.29) is 49.5 Å². The van der Waals surface area contributed by atoms with Crippen molar-refractivity contribution in [1.82, 2.24) is 0 Å². The lowest BCUT2D eigenvalue weighted by molar-refractivity contribution is -0.419. The Morgan fingerprint density at radius 1 is 0.691 bits per heavy atom. The van der Waals surface area contributed by atoms with E-state index in [4.69, 9.17) is 52.1 Å². The molecule has 5 aliphatic heterocycles. The molecule has 0 amide bonds. The molecule has 5 heterocycles. The maximum absolute atomic E-state index is 14.4. The maximum atomic E-state index is 14.4. The van der Waals surface area contributed by atoms with Crippen LogP contribution in [0.2, 0.25) is 0 Å². The highest BCUT2D eigenvalue weighted by Gasteiger charge is 2.65. The van der Waals surface area contributed by atoms with E-state index < -0.39 is 145 Å². The molecule has 21 heteroatoms. The first-order valence-corrected chi connectivity index (χ1v) is 28.4. The van der Waals surface area contributed by atoms with Crippen molar-refractivity contribution in [3.05, 3.63) is 70.1 Å². The van der Waals surface area contributed by atoms with Crippen LogP contribution in [0.4, 0.5) is 0 Å². The molecule has 5 aliphatic rings. The van der Waals surface area contributed by atoms with Crippen molar-refractivity contribution >= 4 is 5.97 Å². The maximum Gasteiger partial charge on any atom is 0.334 e. The molecule has 0 aromatic carbocycles. The molecule has 81 heavy (non-hydrogen) atoms. The average molecular weight is 1160 g/mol. The fourth-order valence-corrected chi connectivity index (χ4v) is 12.0. The first kappa shape index (κ1) is 68.8. The number of carbonyl (C=O) groups excluding carboxylic acids is 1. The Balaban J connectivity index is 1.49. The van der Waals surface area contributed by atoms with Gasteiger partial charge in [0.05, 0.1) is 54.9 Å². The van der Waals surface area contributed by atoms with Crippen LogP contribution in [0.1, 0.15) is 129 Å². The zero-order chi connectivity index (χ0) is 60.9. The van der Waals surface area contributed by atoms with Crippen LogP contribution in [-0.4, -0.2) is 207 Å². The number of esters is 1. The second-order valence-electron chi connectivity index (χ2n) is 24.3. The van der Waals surface area contributed by atoms with Crippen molar-refractivity contribution in [2.45, 2.75) is 256 Å². The van der Waals surface area contributed by atoms with Crippen LogP contribution in [0.3, 0.4) is 0 Å². The number of hydrogen-bond donors (Lipinski definition) is 9. The Bertz CT molecular complexity index is 2270. The minimum Gasteiger partial charge on any atom is -0.497 e. The molecule has 4 fully saturated rings. The van der Waals surface area contributed by atoms with Crippen LogP contribution in [0.25, 0.3) is 0 Å². The van der Waals surface area contributed by atoms with E-state index in [0.29, 0.717) is 17.6 Å². The van der Waals surface area contributed by atoms with Gasteiger partial charge in [-0.05, 0) is 119 Å². The molecule has 464 valence electrons. The van der Waals surface area contributed by atoms with Crippen molar-refractivity contribution in [2.75, 3.05) is 27.9 Å². The number of methoxy groups -OCH3 is 3. The number of carbonyl (C=O) groups is 1. The van der Waals surface area contributed by atoms with Crippen LogP contribution in [0.15, 0.2) is 70.1 Å². The summed E-state index contributed by atoms with van der Waals surface area (Å²) >= 11 is 0. The van der Waals surface area contributed by atoms with Crippen molar-refractivity contribution in [3.63, 3.8) is 0 Å². The molecule has 0 aromatic rings. The fourth-order valence-electron chi connectivity index (χ4n) is 12.0. The molecule has 0 saturated carbocycles. The molecule has 21 nitrogen and oxygen atoms in total.